The van der Waals surface area contributed by atoms with Crippen molar-refractivity contribution in [1.29, 1.82) is 0 Å². The Morgan fingerprint density at radius 2 is 2.00 bits per heavy atom. The summed E-state index contributed by atoms with van der Waals surface area (Å²) in [7, 11) is 0. The third kappa shape index (κ3) is 1.81. The molecule has 1 saturated heterocycles. The quantitative estimate of drug-likeness (QED) is 0.587. The normalized spacial score (nSPS) is 32.1. The summed E-state index contributed by atoms with van der Waals surface area (Å²) in [6.45, 7) is 4.85. The summed E-state index contributed by atoms with van der Waals surface area (Å²) in [4.78, 5) is 12.1. The average molecular weight is 193 g/mol. The molecule has 2 atom stereocenters. The monoisotopic (exact) mass is 192 g/mol. The van der Waals surface area contributed by atoms with Gasteiger partial charge in [-0.1, -0.05) is 0 Å². The second kappa shape index (κ2) is 3.49. The van der Waals surface area contributed by atoms with Crippen molar-refractivity contribution >= 4 is 17.9 Å². The van der Waals surface area contributed by atoms with E-state index in [2.05, 4.69) is 0 Å². The molecule has 0 bridgehead atoms. The molecule has 1 rings (SSSR count). The Hall–Kier alpha value is -0.480. The lowest BCUT2D eigenvalue weighted by Crippen LogP contribution is -2.54. The molecule has 1 aliphatic heterocycles. The third-order valence-electron chi connectivity index (χ3n) is 2.16. The van der Waals surface area contributed by atoms with Gasteiger partial charge >= 0.3 is 6.09 Å². The number of rotatable bonds is 0. The fraction of sp³-hybridized carbons (Fsp3) is 0.857. The van der Waals surface area contributed by atoms with Crippen LogP contribution < -0.4 is 0 Å². The van der Waals surface area contributed by atoms with E-state index in [1.54, 1.807) is 4.42 Å². The van der Waals surface area contributed by atoms with E-state index < -0.39 is 6.09 Å². The van der Waals surface area contributed by atoms with E-state index in [1.165, 1.54) is 4.90 Å². The van der Waals surface area contributed by atoms with Crippen LogP contribution in [0.1, 0.15) is 13.8 Å². The molecule has 0 spiro atoms. The molecule has 1 aliphatic rings. The predicted octanol–water partition coefficient (Wildman–Crippen LogP) is 1.21. The van der Waals surface area contributed by atoms with E-state index in [-0.39, 0.29) is 12.1 Å². The highest BCUT2D eigenvalue weighted by Crippen LogP contribution is 2.16. The van der Waals surface area contributed by atoms with Crippen LogP contribution in [0.3, 0.4) is 0 Å². The lowest BCUT2D eigenvalue weighted by molar-refractivity contribution is 0.0805. The van der Waals surface area contributed by atoms with Gasteiger partial charge in [-0.25, -0.2) is 9.21 Å². The molecular weight excluding hydrogens is 180 g/mol. The van der Waals surface area contributed by atoms with Gasteiger partial charge in [0.05, 0.1) is 0 Å². The van der Waals surface area contributed by atoms with Gasteiger partial charge in [-0.3, -0.25) is 0 Å². The van der Waals surface area contributed by atoms with Crippen LogP contribution in [0.15, 0.2) is 0 Å². The zero-order chi connectivity index (χ0) is 9.30. The van der Waals surface area contributed by atoms with Crippen molar-refractivity contribution in [3.8, 4) is 0 Å². The molecule has 1 fully saturated rings. The molecule has 0 radical (unpaired) electrons. The first-order valence-electron chi connectivity index (χ1n) is 3.94. The van der Waals surface area contributed by atoms with Gasteiger partial charge in [0, 0.05) is 25.2 Å². The van der Waals surface area contributed by atoms with E-state index in [0.717, 1.165) is 0 Å². The van der Waals surface area contributed by atoms with Crippen LogP contribution in [0.4, 0.5) is 4.79 Å². The Kier molecular flexibility index (Phi) is 2.80. The molecule has 12 heavy (non-hydrogen) atoms. The number of nitrogens with zero attached hydrogens (tertiary/aromatic N) is 2. The van der Waals surface area contributed by atoms with Crippen LogP contribution in [0.25, 0.3) is 0 Å². The third-order valence-corrected chi connectivity index (χ3v) is 2.63. The largest absolute Gasteiger partial charge is 0.465 e. The van der Waals surface area contributed by atoms with Crippen molar-refractivity contribution in [2.24, 2.45) is 0 Å². The highest BCUT2D eigenvalue weighted by atomic mass is 35.5. The minimum absolute atomic E-state index is 0.0174. The molecule has 0 saturated carbocycles. The molecule has 1 N–H and O–H groups in total. The van der Waals surface area contributed by atoms with E-state index in [0.29, 0.717) is 13.1 Å². The molecule has 1 amide bonds. The van der Waals surface area contributed by atoms with Crippen molar-refractivity contribution < 1.29 is 9.90 Å². The van der Waals surface area contributed by atoms with E-state index >= 15 is 0 Å². The Morgan fingerprint density at radius 3 is 2.50 bits per heavy atom. The first-order valence-corrected chi connectivity index (χ1v) is 4.28. The Bertz CT molecular complexity index is 188. The standard InChI is InChI=1S/C7H13ClN2O2/c1-5-4-10(8)6(2)3-9(5)7(11)12/h5-6H,3-4H2,1-2H3,(H,11,12). The maximum atomic E-state index is 10.7. The van der Waals surface area contributed by atoms with Gasteiger partial charge in [0.15, 0.2) is 0 Å². The Labute approximate surface area is 76.8 Å². The fourth-order valence-corrected chi connectivity index (χ4v) is 1.61. The van der Waals surface area contributed by atoms with Gasteiger partial charge in [0.2, 0.25) is 0 Å². The second-order valence-electron chi connectivity index (χ2n) is 3.22. The number of hydrogen-bond acceptors (Lipinski definition) is 2. The average Bonchev–Trinajstić information content (AvgIpc) is 1.96. The molecule has 0 aromatic carbocycles. The van der Waals surface area contributed by atoms with Gasteiger partial charge < -0.3 is 10.0 Å². The zero-order valence-electron chi connectivity index (χ0n) is 7.20. The molecule has 0 aromatic heterocycles. The highest BCUT2D eigenvalue weighted by Gasteiger charge is 2.30. The number of piperazine rings is 1. The summed E-state index contributed by atoms with van der Waals surface area (Å²) in [5, 5.41) is 8.78. The molecule has 5 heteroatoms. The van der Waals surface area contributed by atoms with Gasteiger partial charge in [0.25, 0.3) is 0 Å². The van der Waals surface area contributed by atoms with Crippen LogP contribution in [0.5, 0.6) is 0 Å². The summed E-state index contributed by atoms with van der Waals surface area (Å²) >= 11 is 5.85. The molecule has 0 aromatic rings. The summed E-state index contributed by atoms with van der Waals surface area (Å²) in [6, 6.07) is 0.0789. The number of halogens is 1. The van der Waals surface area contributed by atoms with Crippen LogP contribution in [-0.4, -0.2) is 45.7 Å². The van der Waals surface area contributed by atoms with Crippen LogP contribution in [0, 0.1) is 0 Å². The van der Waals surface area contributed by atoms with Crippen LogP contribution in [-0.2, 0) is 0 Å². The van der Waals surface area contributed by atoms with Crippen molar-refractivity contribution in [2.45, 2.75) is 25.9 Å². The van der Waals surface area contributed by atoms with Crippen molar-refractivity contribution in [3.05, 3.63) is 0 Å². The van der Waals surface area contributed by atoms with Crippen molar-refractivity contribution in [1.82, 2.24) is 9.32 Å². The first-order chi connectivity index (χ1) is 5.52. The second-order valence-corrected chi connectivity index (χ2v) is 3.65. The molecule has 70 valence electrons. The molecular formula is C7H13ClN2O2. The fourth-order valence-electron chi connectivity index (χ4n) is 1.35. The molecule has 0 aliphatic carbocycles. The Balaban J connectivity index is 2.61. The van der Waals surface area contributed by atoms with E-state index in [4.69, 9.17) is 16.9 Å². The van der Waals surface area contributed by atoms with Crippen molar-refractivity contribution in [3.63, 3.8) is 0 Å². The lowest BCUT2D eigenvalue weighted by atomic mass is 10.1. The lowest BCUT2D eigenvalue weighted by Gasteiger charge is -2.39. The van der Waals surface area contributed by atoms with Crippen LogP contribution >= 0.6 is 11.8 Å². The number of carbonyl (C=O) groups is 1. The predicted molar refractivity (Wildman–Crippen MR) is 46.2 cm³/mol. The molecule has 2 unspecified atom stereocenters. The Morgan fingerprint density at radius 1 is 1.42 bits per heavy atom. The van der Waals surface area contributed by atoms with E-state index in [1.807, 2.05) is 13.8 Å². The van der Waals surface area contributed by atoms with Gasteiger partial charge in [-0.2, -0.15) is 0 Å². The first kappa shape index (κ1) is 9.61. The van der Waals surface area contributed by atoms with Crippen molar-refractivity contribution in [2.75, 3.05) is 13.1 Å². The molecule has 4 nitrogen and oxygen atoms in total. The highest BCUT2D eigenvalue weighted by molar-refractivity contribution is 6.13. The van der Waals surface area contributed by atoms with Gasteiger partial charge in [0.1, 0.15) is 0 Å². The maximum Gasteiger partial charge on any atom is 0.407 e. The topological polar surface area (TPSA) is 43.8 Å². The summed E-state index contributed by atoms with van der Waals surface area (Å²) in [6.07, 6.45) is -0.862. The number of hydrogen-bond donors (Lipinski definition) is 1. The maximum absolute atomic E-state index is 10.7. The van der Waals surface area contributed by atoms with Gasteiger partial charge in [-0.15, -0.1) is 0 Å². The van der Waals surface area contributed by atoms with Crippen LogP contribution in [0.2, 0.25) is 0 Å². The zero-order valence-corrected chi connectivity index (χ0v) is 7.95. The summed E-state index contributed by atoms with van der Waals surface area (Å²) < 4.78 is 1.66. The minimum Gasteiger partial charge on any atom is -0.465 e. The minimum atomic E-state index is -0.862. The molecule has 1 heterocycles. The SMILES string of the molecule is CC1CN(C(=O)O)C(C)CN1Cl. The van der Waals surface area contributed by atoms with E-state index in [9.17, 15) is 4.79 Å². The number of carboxylic acid groups (broad SMARTS) is 1. The van der Waals surface area contributed by atoms with Gasteiger partial charge in [-0.05, 0) is 25.6 Å². The number of amides is 1. The smallest absolute Gasteiger partial charge is 0.407 e. The summed E-state index contributed by atoms with van der Waals surface area (Å²) in [5.41, 5.74) is 0. The summed E-state index contributed by atoms with van der Waals surface area (Å²) in [5.74, 6) is 0.